The molecule has 1 N–H and O–H groups in total. The van der Waals surface area contributed by atoms with Crippen molar-refractivity contribution >= 4 is 5.91 Å². The zero-order chi connectivity index (χ0) is 13.2. The predicted octanol–water partition coefficient (Wildman–Crippen LogP) is 2.80. The Kier molecular flexibility index (Phi) is 8.06. The lowest BCUT2D eigenvalue weighted by atomic mass is 9.98. The second-order valence-electron chi connectivity index (χ2n) is 5.57. The molecule has 3 heteroatoms. The first-order valence-corrected chi connectivity index (χ1v) is 7.71. The number of amides is 1. The minimum atomic E-state index is 0.226. The van der Waals surface area contributed by atoms with E-state index < -0.39 is 0 Å². The standard InChI is InChI=1S/C15H30N2O/c1-3-4-5-6-7-8-12-17(2)15(18)14-10-9-11-16-13-14/h14,16H,3-13H2,1-2H3. The van der Waals surface area contributed by atoms with Gasteiger partial charge in [-0.1, -0.05) is 39.0 Å². The van der Waals surface area contributed by atoms with Gasteiger partial charge in [-0.3, -0.25) is 4.79 Å². The quantitative estimate of drug-likeness (QED) is 0.676. The number of unbranched alkanes of at least 4 members (excludes halogenated alkanes) is 5. The first-order chi connectivity index (χ1) is 8.75. The Labute approximate surface area is 112 Å². The van der Waals surface area contributed by atoms with Crippen molar-refractivity contribution in [3.8, 4) is 0 Å². The molecule has 0 saturated carbocycles. The third-order valence-corrected chi connectivity index (χ3v) is 3.87. The van der Waals surface area contributed by atoms with Crippen LogP contribution in [0.25, 0.3) is 0 Å². The molecule has 0 radical (unpaired) electrons. The van der Waals surface area contributed by atoms with Gasteiger partial charge in [0, 0.05) is 20.1 Å². The molecule has 1 amide bonds. The normalized spacial score (nSPS) is 19.8. The van der Waals surface area contributed by atoms with Crippen LogP contribution in [0, 0.1) is 5.92 Å². The van der Waals surface area contributed by atoms with E-state index >= 15 is 0 Å². The van der Waals surface area contributed by atoms with Crippen molar-refractivity contribution in [1.82, 2.24) is 10.2 Å². The van der Waals surface area contributed by atoms with Crippen LogP contribution in [0.15, 0.2) is 0 Å². The Morgan fingerprint density at radius 2 is 1.94 bits per heavy atom. The number of nitrogens with zero attached hydrogens (tertiary/aromatic N) is 1. The largest absolute Gasteiger partial charge is 0.345 e. The zero-order valence-corrected chi connectivity index (χ0v) is 12.2. The van der Waals surface area contributed by atoms with Crippen LogP contribution in [0.4, 0.5) is 0 Å². The maximum atomic E-state index is 12.2. The predicted molar refractivity (Wildman–Crippen MR) is 76.6 cm³/mol. The maximum Gasteiger partial charge on any atom is 0.226 e. The molecular formula is C15H30N2O. The third kappa shape index (κ3) is 5.85. The number of hydrogen-bond donors (Lipinski definition) is 1. The molecule has 3 nitrogen and oxygen atoms in total. The first-order valence-electron chi connectivity index (χ1n) is 7.71. The van der Waals surface area contributed by atoms with Crippen LogP contribution in [-0.2, 0) is 4.79 Å². The Morgan fingerprint density at radius 3 is 2.61 bits per heavy atom. The van der Waals surface area contributed by atoms with E-state index in [-0.39, 0.29) is 5.92 Å². The van der Waals surface area contributed by atoms with Gasteiger partial charge < -0.3 is 10.2 Å². The molecule has 0 aliphatic carbocycles. The molecule has 1 atom stereocenters. The molecule has 0 aromatic heterocycles. The second kappa shape index (κ2) is 9.37. The number of piperidine rings is 1. The molecule has 0 aromatic carbocycles. The van der Waals surface area contributed by atoms with Crippen molar-refractivity contribution < 1.29 is 4.79 Å². The lowest BCUT2D eigenvalue weighted by Crippen LogP contribution is -2.41. The molecule has 1 aliphatic heterocycles. The molecule has 1 unspecified atom stereocenters. The van der Waals surface area contributed by atoms with E-state index in [0.29, 0.717) is 5.91 Å². The van der Waals surface area contributed by atoms with Crippen LogP contribution in [-0.4, -0.2) is 37.5 Å². The molecule has 0 spiro atoms. The summed E-state index contributed by atoms with van der Waals surface area (Å²) in [7, 11) is 1.96. The number of carbonyl (C=O) groups is 1. The minimum absolute atomic E-state index is 0.226. The van der Waals surface area contributed by atoms with Gasteiger partial charge in [-0.15, -0.1) is 0 Å². The third-order valence-electron chi connectivity index (χ3n) is 3.87. The molecule has 0 bridgehead atoms. The number of rotatable bonds is 8. The summed E-state index contributed by atoms with van der Waals surface area (Å²) in [4.78, 5) is 14.1. The summed E-state index contributed by atoms with van der Waals surface area (Å²) in [5.74, 6) is 0.569. The van der Waals surface area contributed by atoms with Crippen molar-refractivity contribution in [2.24, 2.45) is 5.92 Å². The number of carbonyl (C=O) groups excluding carboxylic acids is 1. The topological polar surface area (TPSA) is 32.3 Å². The van der Waals surface area contributed by atoms with Crippen LogP contribution in [0.1, 0.15) is 58.3 Å². The highest BCUT2D eigenvalue weighted by Gasteiger charge is 2.23. The molecule has 1 fully saturated rings. The summed E-state index contributed by atoms with van der Waals surface area (Å²) in [5.41, 5.74) is 0. The van der Waals surface area contributed by atoms with Crippen LogP contribution >= 0.6 is 0 Å². The van der Waals surface area contributed by atoms with Gasteiger partial charge in [0.1, 0.15) is 0 Å². The summed E-state index contributed by atoms with van der Waals surface area (Å²) >= 11 is 0. The molecule has 1 rings (SSSR count). The van der Waals surface area contributed by atoms with Gasteiger partial charge in [0.05, 0.1) is 5.92 Å². The highest BCUT2D eigenvalue weighted by Crippen LogP contribution is 2.13. The smallest absolute Gasteiger partial charge is 0.226 e. The number of hydrogen-bond acceptors (Lipinski definition) is 2. The fourth-order valence-corrected chi connectivity index (χ4v) is 2.61. The van der Waals surface area contributed by atoms with Gasteiger partial charge in [-0.05, 0) is 25.8 Å². The summed E-state index contributed by atoms with van der Waals surface area (Å²) in [5, 5.41) is 3.31. The van der Waals surface area contributed by atoms with Gasteiger partial charge in [0.15, 0.2) is 0 Å². The van der Waals surface area contributed by atoms with Crippen LogP contribution in [0.5, 0.6) is 0 Å². The summed E-state index contributed by atoms with van der Waals surface area (Å²) in [6.07, 6.45) is 9.94. The molecule has 1 saturated heterocycles. The van der Waals surface area contributed by atoms with Crippen molar-refractivity contribution in [3.05, 3.63) is 0 Å². The fourth-order valence-electron chi connectivity index (χ4n) is 2.61. The monoisotopic (exact) mass is 254 g/mol. The molecule has 18 heavy (non-hydrogen) atoms. The van der Waals surface area contributed by atoms with E-state index in [1.54, 1.807) is 0 Å². The molecule has 0 aromatic rings. The summed E-state index contributed by atoms with van der Waals surface area (Å²) < 4.78 is 0. The average molecular weight is 254 g/mol. The Balaban J connectivity index is 2.07. The van der Waals surface area contributed by atoms with Gasteiger partial charge >= 0.3 is 0 Å². The van der Waals surface area contributed by atoms with Crippen LogP contribution < -0.4 is 5.32 Å². The van der Waals surface area contributed by atoms with Gasteiger partial charge in [-0.2, -0.15) is 0 Å². The maximum absolute atomic E-state index is 12.2. The van der Waals surface area contributed by atoms with Crippen LogP contribution in [0.2, 0.25) is 0 Å². The Bertz CT molecular complexity index is 225. The van der Waals surface area contributed by atoms with E-state index in [0.717, 1.165) is 38.9 Å². The molecule has 1 aliphatic rings. The van der Waals surface area contributed by atoms with Gasteiger partial charge in [0.2, 0.25) is 5.91 Å². The molecule has 106 valence electrons. The zero-order valence-electron chi connectivity index (χ0n) is 12.2. The van der Waals surface area contributed by atoms with E-state index in [4.69, 9.17) is 0 Å². The van der Waals surface area contributed by atoms with Crippen molar-refractivity contribution in [3.63, 3.8) is 0 Å². The van der Waals surface area contributed by atoms with Gasteiger partial charge in [0.25, 0.3) is 0 Å². The van der Waals surface area contributed by atoms with Crippen molar-refractivity contribution in [2.45, 2.75) is 58.3 Å². The Hall–Kier alpha value is -0.570. The SMILES string of the molecule is CCCCCCCCN(C)C(=O)C1CCCNC1. The van der Waals surface area contributed by atoms with E-state index in [1.165, 1.54) is 32.1 Å². The van der Waals surface area contributed by atoms with Crippen molar-refractivity contribution in [2.75, 3.05) is 26.7 Å². The summed E-state index contributed by atoms with van der Waals surface area (Å²) in [6, 6.07) is 0. The lowest BCUT2D eigenvalue weighted by molar-refractivity contribution is -0.134. The van der Waals surface area contributed by atoms with Gasteiger partial charge in [-0.25, -0.2) is 0 Å². The highest BCUT2D eigenvalue weighted by molar-refractivity contribution is 5.78. The van der Waals surface area contributed by atoms with E-state index in [2.05, 4.69) is 12.2 Å². The fraction of sp³-hybridized carbons (Fsp3) is 0.933. The van der Waals surface area contributed by atoms with Crippen LogP contribution in [0.3, 0.4) is 0 Å². The van der Waals surface area contributed by atoms with E-state index in [9.17, 15) is 4.79 Å². The first kappa shape index (κ1) is 15.5. The summed E-state index contributed by atoms with van der Waals surface area (Å²) in [6.45, 7) is 5.12. The minimum Gasteiger partial charge on any atom is -0.345 e. The lowest BCUT2D eigenvalue weighted by Gasteiger charge is -2.27. The molecule has 1 heterocycles. The second-order valence-corrected chi connectivity index (χ2v) is 5.57. The van der Waals surface area contributed by atoms with E-state index in [1.807, 2.05) is 11.9 Å². The highest BCUT2D eigenvalue weighted by atomic mass is 16.2. The average Bonchev–Trinajstić information content (AvgIpc) is 2.42. The Morgan fingerprint density at radius 1 is 1.22 bits per heavy atom. The molecular weight excluding hydrogens is 224 g/mol. The van der Waals surface area contributed by atoms with Crippen molar-refractivity contribution in [1.29, 1.82) is 0 Å². The number of nitrogens with one attached hydrogen (secondary N) is 1.